The summed E-state index contributed by atoms with van der Waals surface area (Å²) >= 11 is 0. The molecule has 1 amide bonds. The number of carbonyl (C=O) groups excluding carboxylic acids is 1. The average Bonchev–Trinajstić information content (AvgIpc) is 2.79. The number of carbonyl (C=O) groups is 1. The van der Waals surface area contributed by atoms with Gasteiger partial charge in [-0.15, -0.1) is 0 Å². The largest absolute Gasteiger partial charge is 0.368 e. The van der Waals surface area contributed by atoms with Crippen LogP contribution in [0.25, 0.3) is 0 Å². The maximum Gasteiger partial charge on any atom is 0.234 e. The van der Waals surface area contributed by atoms with E-state index in [0.29, 0.717) is 13.0 Å². The molecule has 0 aromatic rings. The van der Waals surface area contributed by atoms with Gasteiger partial charge in [-0.3, -0.25) is 10.2 Å². The maximum atomic E-state index is 12.1. The van der Waals surface area contributed by atoms with Gasteiger partial charge in [-0.2, -0.15) is 0 Å². The molecule has 5 heteroatoms. The van der Waals surface area contributed by atoms with Gasteiger partial charge in [0.05, 0.1) is 0 Å². The van der Waals surface area contributed by atoms with Crippen LogP contribution >= 0.6 is 0 Å². The molecule has 0 fully saturated rings. The Morgan fingerprint density at radius 2 is 1.00 bits per heavy atom. The molecule has 0 aromatic carbocycles. The average molecular weight is 471 g/mol. The molecule has 0 spiro atoms. The number of aliphatic hydroxyl groups excluding tert-OH is 1. The maximum absolute atomic E-state index is 12.1. The number of nitrogens with zero attached hydrogens (tertiary/aromatic N) is 1. The lowest BCUT2D eigenvalue weighted by Crippen LogP contribution is -2.43. The summed E-state index contributed by atoms with van der Waals surface area (Å²) in [6.45, 7) is 5.53. The van der Waals surface area contributed by atoms with Gasteiger partial charge < -0.3 is 10.2 Å². The van der Waals surface area contributed by atoms with E-state index < -0.39 is 6.29 Å². The predicted molar refractivity (Wildman–Crippen MR) is 141 cm³/mol. The van der Waals surface area contributed by atoms with E-state index >= 15 is 0 Å². The summed E-state index contributed by atoms with van der Waals surface area (Å²) in [5.41, 5.74) is 2.90. The van der Waals surface area contributed by atoms with Crippen molar-refractivity contribution >= 4 is 5.91 Å². The number of amides is 1. The van der Waals surface area contributed by atoms with Crippen LogP contribution in [-0.2, 0) is 4.79 Å². The minimum absolute atomic E-state index is 0.0443. The first-order valence-electron chi connectivity index (χ1n) is 14.5. The van der Waals surface area contributed by atoms with Gasteiger partial charge >= 0.3 is 0 Å². The van der Waals surface area contributed by atoms with Gasteiger partial charge in [0, 0.05) is 25.9 Å². The van der Waals surface area contributed by atoms with Crippen LogP contribution in [0.3, 0.4) is 0 Å². The Bertz CT molecular complexity index is 405. The number of aliphatic hydroxyl groups is 2. The number of nitrogens with one attached hydrogen (secondary N) is 1. The molecule has 0 aliphatic rings. The summed E-state index contributed by atoms with van der Waals surface area (Å²) in [5.74, 6) is 0.0443. The van der Waals surface area contributed by atoms with Crippen molar-refractivity contribution in [2.75, 3.05) is 13.1 Å². The highest BCUT2D eigenvalue weighted by Gasteiger charge is 2.10. The first-order chi connectivity index (χ1) is 16.1. The minimum atomic E-state index is -1.32. The molecule has 0 saturated carbocycles. The Hall–Kier alpha value is -0.650. The highest BCUT2D eigenvalue weighted by atomic mass is 16.5. The molecule has 33 heavy (non-hydrogen) atoms. The molecule has 0 radical (unpaired) electrons. The molecule has 0 aromatic heterocycles. The normalized spacial score (nSPS) is 11.6. The smallest absolute Gasteiger partial charge is 0.234 e. The number of hydrazine groups is 1. The zero-order valence-electron chi connectivity index (χ0n) is 22.3. The molecule has 0 rings (SSSR count). The van der Waals surface area contributed by atoms with Crippen molar-refractivity contribution in [3.05, 3.63) is 0 Å². The fourth-order valence-electron chi connectivity index (χ4n) is 4.36. The summed E-state index contributed by atoms with van der Waals surface area (Å²) in [6, 6.07) is 0. The number of unbranched alkanes of at least 4 members (excludes halogenated alkanes) is 18. The minimum Gasteiger partial charge on any atom is -0.368 e. The van der Waals surface area contributed by atoms with Gasteiger partial charge in [0.1, 0.15) is 0 Å². The van der Waals surface area contributed by atoms with E-state index in [1.54, 1.807) is 5.01 Å². The second-order valence-corrected chi connectivity index (χ2v) is 9.91. The van der Waals surface area contributed by atoms with Crippen LogP contribution in [0.1, 0.15) is 155 Å². The second-order valence-electron chi connectivity index (χ2n) is 9.91. The lowest BCUT2D eigenvalue weighted by molar-refractivity contribution is -0.127. The zero-order valence-corrected chi connectivity index (χ0v) is 22.3. The van der Waals surface area contributed by atoms with Gasteiger partial charge in [-0.25, -0.2) is 5.01 Å². The summed E-state index contributed by atoms with van der Waals surface area (Å²) in [5, 5.41) is 19.8. The molecule has 0 aliphatic heterocycles. The fourth-order valence-corrected chi connectivity index (χ4v) is 4.36. The molecule has 0 atom stereocenters. The van der Waals surface area contributed by atoms with Crippen molar-refractivity contribution in [1.82, 2.24) is 10.4 Å². The predicted octanol–water partition coefficient (Wildman–Crippen LogP) is 7.25. The topological polar surface area (TPSA) is 72.8 Å². The third-order valence-electron chi connectivity index (χ3n) is 6.44. The monoisotopic (exact) mass is 470 g/mol. The van der Waals surface area contributed by atoms with Crippen LogP contribution in [0.15, 0.2) is 0 Å². The van der Waals surface area contributed by atoms with Crippen molar-refractivity contribution in [1.29, 1.82) is 0 Å². The van der Waals surface area contributed by atoms with Crippen molar-refractivity contribution in [3.63, 3.8) is 0 Å². The molecular weight excluding hydrogens is 412 g/mol. The van der Waals surface area contributed by atoms with Crippen molar-refractivity contribution in [2.24, 2.45) is 0 Å². The number of hydrogen-bond donors (Lipinski definition) is 3. The summed E-state index contributed by atoms with van der Waals surface area (Å²) in [4.78, 5) is 12.1. The molecular formula is C28H58N2O3. The Balaban J connectivity index is 3.33. The first kappa shape index (κ1) is 32.4. The van der Waals surface area contributed by atoms with E-state index in [9.17, 15) is 4.79 Å². The Morgan fingerprint density at radius 1 is 0.606 bits per heavy atom. The Labute approximate surface area is 206 Å². The molecule has 0 heterocycles. The van der Waals surface area contributed by atoms with Crippen molar-refractivity contribution in [3.8, 4) is 0 Å². The van der Waals surface area contributed by atoms with Crippen molar-refractivity contribution in [2.45, 2.75) is 161 Å². The van der Waals surface area contributed by atoms with Crippen LogP contribution in [0.2, 0.25) is 0 Å². The van der Waals surface area contributed by atoms with Crippen molar-refractivity contribution < 1.29 is 15.0 Å². The van der Waals surface area contributed by atoms with E-state index in [0.717, 1.165) is 25.8 Å². The first-order valence-corrected chi connectivity index (χ1v) is 14.5. The molecule has 3 N–H and O–H groups in total. The molecule has 5 nitrogen and oxygen atoms in total. The van der Waals surface area contributed by atoms with Gasteiger partial charge in [-0.1, -0.05) is 129 Å². The Kier molecular flexibility index (Phi) is 25.5. The zero-order chi connectivity index (χ0) is 24.4. The molecule has 0 aliphatic carbocycles. The van der Waals surface area contributed by atoms with E-state index in [-0.39, 0.29) is 12.3 Å². The van der Waals surface area contributed by atoms with Gasteiger partial charge in [-0.05, 0) is 12.8 Å². The van der Waals surface area contributed by atoms with Gasteiger partial charge in [0.25, 0.3) is 0 Å². The van der Waals surface area contributed by atoms with Crippen LogP contribution < -0.4 is 5.43 Å². The van der Waals surface area contributed by atoms with Crippen LogP contribution in [0.4, 0.5) is 0 Å². The van der Waals surface area contributed by atoms with E-state index in [4.69, 9.17) is 10.2 Å². The lowest BCUT2D eigenvalue weighted by atomic mass is 10.0. The highest BCUT2D eigenvalue weighted by Crippen LogP contribution is 2.14. The fraction of sp³-hybridized carbons (Fsp3) is 0.964. The van der Waals surface area contributed by atoms with Crippen LogP contribution in [-0.4, -0.2) is 40.5 Å². The quantitative estimate of drug-likeness (QED) is 0.0707. The number of rotatable bonds is 26. The second kappa shape index (κ2) is 26.0. The Morgan fingerprint density at radius 3 is 1.36 bits per heavy atom. The van der Waals surface area contributed by atoms with Crippen LogP contribution in [0, 0.1) is 0 Å². The summed E-state index contributed by atoms with van der Waals surface area (Å²) in [7, 11) is 0. The van der Waals surface area contributed by atoms with Gasteiger partial charge in [0.15, 0.2) is 6.29 Å². The summed E-state index contributed by atoms with van der Waals surface area (Å²) in [6.07, 6.45) is 26.1. The highest BCUT2D eigenvalue weighted by molar-refractivity contribution is 5.75. The van der Waals surface area contributed by atoms with E-state index in [2.05, 4.69) is 12.3 Å². The van der Waals surface area contributed by atoms with E-state index in [1.807, 2.05) is 6.92 Å². The number of hydrogen-bond acceptors (Lipinski definition) is 4. The lowest BCUT2D eigenvalue weighted by Gasteiger charge is -2.23. The van der Waals surface area contributed by atoms with E-state index in [1.165, 1.54) is 109 Å². The van der Waals surface area contributed by atoms with Crippen LogP contribution in [0.5, 0.6) is 0 Å². The SMILES string of the molecule is CCCCCCCCCCCCCCCCCCCCCC(=O)NN(CCC)CCC(O)O. The molecule has 198 valence electrons. The van der Waals surface area contributed by atoms with Gasteiger partial charge in [0.2, 0.25) is 5.91 Å². The molecule has 0 bridgehead atoms. The third kappa shape index (κ3) is 25.8. The molecule has 0 saturated heterocycles. The molecule has 0 unspecified atom stereocenters. The third-order valence-corrected chi connectivity index (χ3v) is 6.44. The summed E-state index contributed by atoms with van der Waals surface area (Å²) < 4.78 is 0. The standard InChI is InChI=1S/C28H58N2O3/c1-3-5-6-7-8-9-10-11-12-13-14-15-16-17-18-19-20-21-22-23-27(31)29-30(25-4-2)26-24-28(32)33/h28,32-33H,3-26H2,1-2H3,(H,29,31).